The number of hydrogen-bond donors (Lipinski definition) is 6. The minimum Gasteiger partial charge on any atom is -0.481 e. The van der Waals surface area contributed by atoms with E-state index < -0.39 is 66.7 Å². The molecule has 0 aromatic rings. The van der Waals surface area contributed by atoms with Crippen LogP contribution in [-0.4, -0.2) is 79.6 Å². The van der Waals surface area contributed by atoms with E-state index in [1.807, 2.05) is 0 Å². The number of unbranched alkanes of at least 4 members (excludes halogenated alkanes) is 12. The van der Waals surface area contributed by atoms with Crippen molar-refractivity contribution in [2.24, 2.45) is 17.3 Å². The number of hydrogen-bond acceptors (Lipinski definition) is 8. The second kappa shape index (κ2) is 20.1. The van der Waals surface area contributed by atoms with Gasteiger partial charge in [0.2, 0.25) is 0 Å². The Morgan fingerprint density at radius 2 is 1.03 bits per heavy atom. The highest BCUT2D eigenvalue weighted by atomic mass is 16.4. The molecule has 0 aromatic heterocycles. The SMILES string of the molecule is CC(C)CCCCCCCCCCCCCCCC(C(=O)O)(C(=O)C(O)CO)C(C(=O)O)C(=O)C(O)CO. The van der Waals surface area contributed by atoms with E-state index >= 15 is 0 Å². The van der Waals surface area contributed by atoms with E-state index in [9.17, 15) is 44.7 Å². The van der Waals surface area contributed by atoms with E-state index in [-0.39, 0.29) is 6.42 Å². The van der Waals surface area contributed by atoms with Gasteiger partial charge in [-0.05, 0) is 12.3 Å². The van der Waals surface area contributed by atoms with Crippen molar-refractivity contribution in [1.29, 1.82) is 0 Å². The van der Waals surface area contributed by atoms with Crippen LogP contribution in [0.3, 0.4) is 0 Å². The Bertz CT molecular complexity index is 708. The van der Waals surface area contributed by atoms with Crippen LogP contribution >= 0.6 is 0 Å². The van der Waals surface area contributed by atoms with Crippen LogP contribution in [0.4, 0.5) is 0 Å². The molecule has 0 rings (SSSR count). The third-order valence-electron chi connectivity index (χ3n) is 7.18. The summed E-state index contributed by atoms with van der Waals surface area (Å²) in [6, 6.07) is 0. The van der Waals surface area contributed by atoms with Crippen LogP contribution in [0.2, 0.25) is 0 Å². The van der Waals surface area contributed by atoms with E-state index in [1.54, 1.807) is 0 Å². The number of aliphatic hydroxyl groups excluding tert-OH is 4. The molecule has 10 heteroatoms. The van der Waals surface area contributed by atoms with Crippen LogP contribution in [0.25, 0.3) is 0 Å². The van der Waals surface area contributed by atoms with Crippen molar-refractivity contribution >= 4 is 23.5 Å². The summed E-state index contributed by atoms with van der Waals surface area (Å²) in [4.78, 5) is 49.5. The minimum atomic E-state index is -2.89. The number of Topliss-reactive ketones (excluding diaryl/α,β-unsaturated/α-hetero) is 2. The molecule has 0 radical (unpaired) electrons. The van der Waals surface area contributed by atoms with Gasteiger partial charge in [0.05, 0.1) is 13.2 Å². The van der Waals surface area contributed by atoms with Gasteiger partial charge in [-0.1, -0.05) is 104 Å². The average molecular weight is 547 g/mol. The van der Waals surface area contributed by atoms with E-state index in [0.29, 0.717) is 12.8 Å². The molecule has 0 heterocycles. The maximum absolute atomic E-state index is 12.8. The first-order valence-electron chi connectivity index (χ1n) is 14.1. The van der Waals surface area contributed by atoms with Crippen molar-refractivity contribution in [3.63, 3.8) is 0 Å². The molecule has 38 heavy (non-hydrogen) atoms. The summed E-state index contributed by atoms with van der Waals surface area (Å²) in [7, 11) is 0. The molecule has 0 aliphatic carbocycles. The molecule has 0 fully saturated rings. The lowest BCUT2D eigenvalue weighted by atomic mass is 9.65. The number of aliphatic carboxylic acids is 2. The molecule has 222 valence electrons. The van der Waals surface area contributed by atoms with Crippen LogP contribution in [0.1, 0.15) is 110 Å². The molecule has 0 spiro atoms. The van der Waals surface area contributed by atoms with Gasteiger partial charge >= 0.3 is 11.9 Å². The van der Waals surface area contributed by atoms with Crippen molar-refractivity contribution in [3.8, 4) is 0 Å². The second-order valence-electron chi connectivity index (χ2n) is 10.7. The first-order chi connectivity index (χ1) is 18.0. The molecule has 0 aliphatic heterocycles. The predicted octanol–water partition coefficient (Wildman–Crippen LogP) is 3.11. The van der Waals surface area contributed by atoms with Crippen LogP contribution in [0.5, 0.6) is 0 Å². The fourth-order valence-electron chi connectivity index (χ4n) is 4.88. The van der Waals surface area contributed by atoms with Crippen molar-refractivity contribution < 1.29 is 49.8 Å². The highest BCUT2D eigenvalue weighted by Gasteiger charge is 2.60. The third kappa shape index (κ3) is 12.3. The Hall–Kier alpha value is -1.88. The lowest BCUT2D eigenvalue weighted by molar-refractivity contribution is -0.176. The second-order valence-corrected chi connectivity index (χ2v) is 10.7. The maximum Gasteiger partial charge on any atom is 0.318 e. The number of carbonyl (C=O) groups is 4. The van der Waals surface area contributed by atoms with E-state index in [4.69, 9.17) is 5.11 Å². The maximum atomic E-state index is 12.8. The highest BCUT2D eigenvalue weighted by Crippen LogP contribution is 2.38. The lowest BCUT2D eigenvalue weighted by Crippen LogP contribution is -2.57. The summed E-state index contributed by atoms with van der Waals surface area (Å²) in [6.07, 6.45) is 9.28. The van der Waals surface area contributed by atoms with E-state index in [2.05, 4.69) is 13.8 Å². The summed E-state index contributed by atoms with van der Waals surface area (Å²) in [5.74, 6) is -8.74. The number of aliphatic hydroxyl groups is 4. The summed E-state index contributed by atoms with van der Waals surface area (Å²) in [5.41, 5.74) is -2.89. The Labute approximate surface area is 226 Å². The van der Waals surface area contributed by atoms with Gasteiger partial charge in [-0.2, -0.15) is 0 Å². The number of ketones is 2. The number of carbonyl (C=O) groups excluding carboxylic acids is 2. The van der Waals surface area contributed by atoms with Crippen LogP contribution in [0.15, 0.2) is 0 Å². The summed E-state index contributed by atoms with van der Waals surface area (Å²) < 4.78 is 0. The Morgan fingerprint density at radius 1 is 0.632 bits per heavy atom. The fourth-order valence-corrected chi connectivity index (χ4v) is 4.88. The quantitative estimate of drug-likeness (QED) is 0.0733. The third-order valence-corrected chi connectivity index (χ3v) is 7.18. The molecule has 10 nitrogen and oxygen atoms in total. The molecule has 4 atom stereocenters. The number of carboxylic acid groups (broad SMARTS) is 2. The van der Waals surface area contributed by atoms with E-state index in [1.165, 1.54) is 44.9 Å². The zero-order valence-electron chi connectivity index (χ0n) is 23.1. The molecule has 6 N–H and O–H groups in total. The average Bonchev–Trinajstić information content (AvgIpc) is 2.87. The van der Waals surface area contributed by atoms with Crippen molar-refractivity contribution in [3.05, 3.63) is 0 Å². The number of carboxylic acids is 2. The molecule has 0 saturated heterocycles. The van der Waals surface area contributed by atoms with Crippen LogP contribution in [-0.2, 0) is 19.2 Å². The monoisotopic (exact) mass is 546 g/mol. The van der Waals surface area contributed by atoms with Gasteiger partial charge in [-0.25, -0.2) is 0 Å². The van der Waals surface area contributed by atoms with Gasteiger partial charge in [0.1, 0.15) is 23.5 Å². The van der Waals surface area contributed by atoms with Crippen LogP contribution in [0, 0.1) is 17.3 Å². The Morgan fingerprint density at radius 3 is 1.37 bits per heavy atom. The van der Waals surface area contributed by atoms with Crippen molar-refractivity contribution in [2.75, 3.05) is 13.2 Å². The molecular weight excluding hydrogens is 496 g/mol. The zero-order valence-corrected chi connectivity index (χ0v) is 23.1. The molecule has 0 amide bonds. The molecule has 0 saturated carbocycles. The molecule has 0 aliphatic rings. The largest absolute Gasteiger partial charge is 0.481 e. The van der Waals surface area contributed by atoms with Crippen molar-refractivity contribution in [2.45, 2.75) is 122 Å². The summed E-state index contributed by atoms with van der Waals surface area (Å²) >= 11 is 0. The topological polar surface area (TPSA) is 190 Å². The summed E-state index contributed by atoms with van der Waals surface area (Å²) in [5, 5.41) is 57.4. The van der Waals surface area contributed by atoms with Gasteiger partial charge in [0, 0.05) is 0 Å². The van der Waals surface area contributed by atoms with E-state index in [0.717, 1.165) is 31.6 Å². The van der Waals surface area contributed by atoms with Gasteiger partial charge in [-0.3, -0.25) is 19.2 Å². The first kappa shape index (κ1) is 36.1. The molecule has 4 unspecified atom stereocenters. The standard InChI is InChI=1S/C28H50O10/c1-20(2)16-14-12-10-8-6-4-3-5-7-9-11-13-15-17-28(27(37)38,25(34)22(32)19-30)23(26(35)36)24(33)21(31)18-29/h20-23,29-32H,3-19H2,1-2H3,(H,35,36)(H,37,38). The molecule has 0 bridgehead atoms. The predicted molar refractivity (Wildman–Crippen MR) is 141 cm³/mol. The molecule has 0 aromatic carbocycles. The van der Waals surface area contributed by atoms with Crippen LogP contribution < -0.4 is 0 Å². The first-order valence-corrected chi connectivity index (χ1v) is 14.1. The van der Waals surface area contributed by atoms with Gasteiger partial charge in [0.15, 0.2) is 11.6 Å². The molecular formula is C28H50O10. The smallest absolute Gasteiger partial charge is 0.318 e. The van der Waals surface area contributed by atoms with Gasteiger partial charge in [0.25, 0.3) is 0 Å². The minimum absolute atomic E-state index is 0.0826. The van der Waals surface area contributed by atoms with Gasteiger partial charge in [-0.15, -0.1) is 0 Å². The number of rotatable bonds is 25. The highest BCUT2D eigenvalue weighted by molar-refractivity contribution is 6.15. The fraction of sp³-hybridized carbons (Fsp3) is 0.857. The van der Waals surface area contributed by atoms with Gasteiger partial charge < -0.3 is 30.6 Å². The zero-order chi connectivity index (χ0) is 29.1. The Balaban J connectivity index is 4.77. The lowest BCUT2D eigenvalue weighted by Gasteiger charge is -2.34. The normalized spacial score (nSPS) is 15.6. The van der Waals surface area contributed by atoms with Crippen molar-refractivity contribution in [1.82, 2.24) is 0 Å². The summed E-state index contributed by atoms with van der Waals surface area (Å²) in [6.45, 7) is 2.18. The Kier molecular flexibility index (Phi) is 19.1.